The lowest BCUT2D eigenvalue weighted by molar-refractivity contribution is -0.354. The standard InChI is InChI=1S/C38H30N8O2/c47-45(37-11-3-1-4-12-37)25-29-15-19-35(20-16-29)43-27-33(39-41-43)23-31-9-7-8-10-32(31)24-34-28-44(42-40-34)36-21-17-30(18-22-36)26-46(48)38-13-5-2-6-14-38/h1-22,25-28H,23-24H2/b45-25-,46-26+. The van der Waals surface area contributed by atoms with E-state index in [-0.39, 0.29) is 0 Å². The quantitative estimate of drug-likeness (QED) is 0.0733. The molecular weight excluding hydrogens is 600 g/mol. The van der Waals surface area contributed by atoms with Crippen molar-refractivity contribution < 1.29 is 9.48 Å². The minimum Gasteiger partial charge on any atom is -0.618 e. The predicted octanol–water partition coefficient (Wildman–Crippen LogP) is 6.55. The second-order valence-electron chi connectivity index (χ2n) is 11.2. The SMILES string of the molecule is [O-]/[N+](=C\c1ccc(-n2cc(Cc3ccccc3Cc3cn(-c4ccc(/C=[N+](/[O-])c5ccccc5)cc4)nn3)nn2)cc1)c1ccccc1. The molecule has 0 aliphatic heterocycles. The second kappa shape index (κ2) is 13.8. The van der Waals surface area contributed by atoms with Gasteiger partial charge in [-0.1, -0.05) is 71.1 Å². The maximum Gasteiger partial charge on any atom is 0.216 e. The van der Waals surface area contributed by atoms with Crippen LogP contribution in [0.15, 0.2) is 146 Å². The minimum atomic E-state index is 0.574. The van der Waals surface area contributed by atoms with Crippen molar-refractivity contribution in [3.05, 3.63) is 190 Å². The molecule has 7 aromatic rings. The lowest BCUT2D eigenvalue weighted by Crippen LogP contribution is -2.00. The fourth-order valence-corrected chi connectivity index (χ4v) is 5.30. The summed E-state index contributed by atoms with van der Waals surface area (Å²) in [4.78, 5) is 0. The van der Waals surface area contributed by atoms with Crippen LogP contribution in [-0.4, -0.2) is 51.9 Å². The third kappa shape index (κ3) is 7.08. The van der Waals surface area contributed by atoms with E-state index in [4.69, 9.17) is 0 Å². The molecule has 234 valence electrons. The third-order valence-corrected chi connectivity index (χ3v) is 7.81. The molecule has 0 spiro atoms. The van der Waals surface area contributed by atoms with Gasteiger partial charge in [0.2, 0.25) is 11.4 Å². The maximum absolute atomic E-state index is 12.4. The first-order valence-corrected chi connectivity index (χ1v) is 15.4. The Morgan fingerprint density at radius 3 is 1.25 bits per heavy atom. The molecule has 48 heavy (non-hydrogen) atoms. The Morgan fingerprint density at radius 2 is 0.854 bits per heavy atom. The highest BCUT2D eigenvalue weighted by Gasteiger charge is 2.11. The van der Waals surface area contributed by atoms with Crippen LogP contribution in [-0.2, 0) is 12.8 Å². The molecule has 0 atom stereocenters. The first-order valence-electron chi connectivity index (χ1n) is 15.4. The number of nitrogens with zero attached hydrogens (tertiary/aromatic N) is 8. The largest absolute Gasteiger partial charge is 0.618 e. The Kier molecular flexibility index (Phi) is 8.60. The summed E-state index contributed by atoms with van der Waals surface area (Å²) in [5.74, 6) is 0. The van der Waals surface area contributed by atoms with E-state index in [1.165, 1.54) is 0 Å². The van der Waals surface area contributed by atoms with Gasteiger partial charge in [-0.3, -0.25) is 0 Å². The highest BCUT2D eigenvalue weighted by molar-refractivity contribution is 5.77. The van der Waals surface area contributed by atoms with Gasteiger partial charge in [0.1, 0.15) is 0 Å². The molecule has 10 nitrogen and oxygen atoms in total. The van der Waals surface area contributed by atoms with E-state index >= 15 is 0 Å². The van der Waals surface area contributed by atoms with Gasteiger partial charge in [-0.2, -0.15) is 9.48 Å². The number of benzene rings is 5. The zero-order valence-corrected chi connectivity index (χ0v) is 25.8. The molecule has 0 N–H and O–H groups in total. The van der Waals surface area contributed by atoms with E-state index in [9.17, 15) is 10.4 Å². The topological polar surface area (TPSA) is 114 Å². The molecular formula is C38H30N8O2. The number of rotatable bonds is 10. The molecule has 2 aromatic heterocycles. The van der Waals surface area contributed by atoms with Gasteiger partial charge in [-0.05, 0) is 59.7 Å². The zero-order valence-electron chi connectivity index (χ0n) is 25.8. The summed E-state index contributed by atoms with van der Waals surface area (Å²) in [6.07, 6.45) is 8.15. The number of hydrogen-bond acceptors (Lipinski definition) is 6. The van der Waals surface area contributed by atoms with E-state index in [0.29, 0.717) is 24.2 Å². The normalized spacial score (nSPS) is 11.9. The molecule has 0 aliphatic rings. The zero-order chi connectivity index (χ0) is 32.7. The van der Waals surface area contributed by atoms with Crippen LogP contribution in [0.4, 0.5) is 11.4 Å². The summed E-state index contributed by atoms with van der Waals surface area (Å²) < 4.78 is 5.18. The van der Waals surface area contributed by atoms with Crippen LogP contribution in [0.1, 0.15) is 33.6 Å². The minimum absolute atomic E-state index is 0.574. The van der Waals surface area contributed by atoms with Crippen molar-refractivity contribution in [1.29, 1.82) is 0 Å². The number of hydrogen-bond donors (Lipinski definition) is 0. The summed E-state index contributed by atoms with van der Waals surface area (Å²) in [7, 11) is 0. The van der Waals surface area contributed by atoms with Gasteiger partial charge in [-0.15, -0.1) is 10.2 Å². The average Bonchev–Trinajstić information content (AvgIpc) is 3.81. The van der Waals surface area contributed by atoms with Crippen molar-refractivity contribution in [1.82, 2.24) is 30.0 Å². The Labute approximate surface area is 277 Å². The Bertz CT molecular complexity index is 2030. The van der Waals surface area contributed by atoms with Crippen LogP contribution in [0.5, 0.6) is 0 Å². The van der Waals surface area contributed by atoms with Crippen molar-refractivity contribution in [2.24, 2.45) is 0 Å². The molecule has 0 aliphatic carbocycles. The van der Waals surface area contributed by atoms with Crippen molar-refractivity contribution >= 4 is 23.8 Å². The molecule has 0 radical (unpaired) electrons. The Morgan fingerprint density at radius 1 is 0.479 bits per heavy atom. The van der Waals surface area contributed by atoms with E-state index in [1.54, 1.807) is 46.1 Å². The predicted molar refractivity (Wildman–Crippen MR) is 185 cm³/mol. The van der Waals surface area contributed by atoms with Crippen LogP contribution in [0, 0.1) is 10.4 Å². The van der Waals surface area contributed by atoms with Crippen molar-refractivity contribution in [3.63, 3.8) is 0 Å². The van der Waals surface area contributed by atoms with Crippen LogP contribution >= 0.6 is 0 Å². The smallest absolute Gasteiger partial charge is 0.216 e. The summed E-state index contributed by atoms with van der Waals surface area (Å²) in [6.45, 7) is 0. The summed E-state index contributed by atoms with van der Waals surface area (Å²) in [5.41, 5.74) is 8.33. The molecule has 0 unspecified atom stereocenters. The van der Waals surface area contributed by atoms with E-state index in [1.807, 2.05) is 109 Å². The molecule has 0 amide bonds. The first-order chi connectivity index (χ1) is 23.6. The molecule has 0 fully saturated rings. The second-order valence-corrected chi connectivity index (χ2v) is 11.2. The summed E-state index contributed by atoms with van der Waals surface area (Å²) in [6, 6.07) is 41.6. The van der Waals surface area contributed by atoms with Crippen LogP contribution < -0.4 is 0 Å². The van der Waals surface area contributed by atoms with Crippen LogP contribution in [0.2, 0.25) is 0 Å². The maximum atomic E-state index is 12.4. The highest BCUT2D eigenvalue weighted by Crippen LogP contribution is 2.19. The van der Waals surface area contributed by atoms with Gasteiger partial charge < -0.3 is 10.4 Å². The summed E-state index contributed by atoms with van der Waals surface area (Å²) in [5, 5.41) is 42.4. The number of para-hydroxylation sites is 2. The van der Waals surface area contributed by atoms with E-state index in [2.05, 4.69) is 32.8 Å². The van der Waals surface area contributed by atoms with Crippen LogP contribution in [0.25, 0.3) is 11.4 Å². The van der Waals surface area contributed by atoms with Gasteiger partial charge in [0.15, 0.2) is 12.4 Å². The molecule has 2 heterocycles. The first kappa shape index (κ1) is 30.0. The fourth-order valence-electron chi connectivity index (χ4n) is 5.30. The van der Waals surface area contributed by atoms with E-state index in [0.717, 1.165) is 54.5 Å². The molecule has 0 bridgehead atoms. The molecule has 7 rings (SSSR count). The van der Waals surface area contributed by atoms with E-state index < -0.39 is 0 Å². The Balaban J connectivity index is 1.01. The molecule has 10 heteroatoms. The van der Waals surface area contributed by atoms with Crippen LogP contribution in [0.3, 0.4) is 0 Å². The number of aromatic nitrogens is 6. The molecule has 0 saturated heterocycles. The summed E-state index contributed by atoms with van der Waals surface area (Å²) >= 11 is 0. The lowest BCUT2D eigenvalue weighted by Gasteiger charge is -2.06. The van der Waals surface area contributed by atoms with Crippen molar-refractivity contribution in [2.75, 3.05) is 0 Å². The van der Waals surface area contributed by atoms with Crippen molar-refractivity contribution in [2.45, 2.75) is 12.8 Å². The van der Waals surface area contributed by atoms with Gasteiger partial charge in [0.05, 0.1) is 35.2 Å². The fraction of sp³-hybridized carbons (Fsp3) is 0.0526. The average molecular weight is 631 g/mol. The van der Waals surface area contributed by atoms with Gasteiger partial charge >= 0.3 is 0 Å². The Hall–Kier alpha value is -6.68. The van der Waals surface area contributed by atoms with Gasteiger partial charge in [-0.25, -0.2) is 9.36 Å². The molecule has 5 aromatic carbocycles. The monoisotopic (exact) mass is 630 g/mol. The van der Waals surface area contributed by atoms with Gasteiger partial charge in [0.25, 0.3) is 0 Å². The lowest BCUT2D eigenvalue weighted by atomic mass is 9.99. The molecule has 0 saturated carbocycles. The highest BCUT2D eigenvalue weighted by atomic mass is 16.5. The van der Waals surface area contributed by atoms with Crippen molar-refractivity contribution in [3.8, 4) is 11.4 Å². The van der Waals surface area contributed by atoms with Gasteiger partial charge in [0, 0.05) is 48.2 Å². The third-order valence-electron chi connectivity index (χ3n) is 7.81.